The van der Waals surface area contributed by atoms with Gasteiger partial charge in [0.1, 0.15) is 0 Å². The second kappa shape index (κ2) is 1.82. The summed E-state index contributed by atoms with van der Waals surface area (Å²) < 4.78 is 0. The van der Waals surface area contributed by atoms with E-state index in [1.54, 1.807) is 0 Å². The molecule has 1 nitrogen and oxygen atoms in total. The van der Waals surface area contributed by atoms with Gasteiger partial charge in [-0.1, -0.05) is 13.8 Å². The Bertz CT molecular complexity index is 161. The van der Waals surface area contributed by atoms with Crippen LogP contribution < -0.4 is 5.73 Å². The molecule has 2 bridgehead atoms. The van der Waals surface area contributed by atoms with Gasteiger partial charge in [0, 0.05) is 5.54 Å². The Morgan fingerprint density at radius 2 is 1.64 bits per heavy atom. The Balaban J connectivity index is 2.36. The van der Waals surface area contributed by atoms with Crippen molar-refractivity contribution in [1.82, 2.24) is 0 Å². The van der Waals surface area contributed by atoms with Crippen LogP contribution in [0.1, 0.15) is 40.0 Å². The van der Waals surface area contributed by atoms with Crippen LogP contribution in [0.15, 0.2) is 0 Å². The van der Waals surface area contributed by atoms with E-state index in [1.807, 2.05) is 0 Å². The molecule has 1 heteroatoms. The number of hydrogen-bond acceptors (Lipinski definition) is 1. The summed E-state index contributed by atoms with van der Waals surface area (Å²) in [5, 5.41) is 0. The first-order chi connectivity index (χ1) is 4.96. The van der Waals surface area contributed by atoms with Crippen molar-refractivity contribution >= 4 is 0 Å². The molecule has 0 unspecified atom stereocenters. The summed E-state index contributed by atoms with van der Waals surface area (Å²) in [6.07, 6.45) is 4.19. The Morgan fingerprint density at radius 1 is 1.09 bits per heavy atom. The third kappa shape index (κ3) is 0.703. The summed E-state index contributed by atoms with van der Waals surface area (Å²) in [6, 6.07) is 0. The van der Waals surface area contributed by atoms with Gasteiger partial charge in [0.25, 0.3) is 0 Å². The average Bonchev–Trinajstić information content (AvgIpc) is 2.37. The summed E-state index contributed by atoms with van der Waals surface area (Å²) in [6.45, 7) is 6.94. The van der Waals surface area contributed by atoms with Gasteiger partial charge in [0.05, 0.1) is 0 Å². The third-order valence-electron chi connectivity index (χ3n) is 4.69. The topological polar surface area (TPSA) is 26.0 Å². The summed E-state index contributed by atoms with van der Waals surface area (Å²) >= 11 is 0. The summed E-state index contributed by atoms with van der Waals surface area (Å²) in [5.74, 6) is 1.71. The zero-order valence-corrected chi connectivity index (χ0v) is 7.85. The minimum absolute atomic E-state index is 0.107. The van der Waals surface area contributed by atoms with E-state index in [1.165, 1.54) is 19.3 Å². The molecule has 0 radical (unpaired) electrons. The molecule has 0 aromatic heterocycles. The Morgan fingerprint density at radius 3 is 1.91 bits per heavy atom. The maximum absolute atomic E-state index is 6.34. The lowest BCUT2D eigenvalue weighted by Gasteiger charge is -2.45. The van der Waals surface area contributed by atoms with Crippen LogP contribution in [0.4, 0.5) is 0 Å². The summed E-state index contributed by atoms with van der Waals surface area (Å²) in [7, 11) is 0. The Kier molecular flexibility index (Phi) is 1.26. The van der Waals surface area contributed by atoms with E-state index in [9.17, 15) is 0 Å². The molecule has 2 N–H and O–H groups in total. The molecule has 2 aliphatic carbocycles. The molecule has 2 aliphatic rings. The van der Waals surface area contributed by atoms with E-state index < -0.39 is 0 Å². The fourth-order valence-electron chi connectivity index (χ4n) is 3.15. The molecule has 0 aliphatic heterocycles. The largest absolute Gasteiger partial charge is 0.325 e. The van der Waals surface area contributed by atoms with E-state index >= 15 is 0 Å². The highest BCUT2D eigenvalue weighted by molar-refractivity contribution is 5.12. The molecule has 0 amide bonds. The summed E-state index contributed by atoms with van der Waals surface area (Å²) in [5.41, 5.74) is 6.83. The number of fused-ring (bicyclic) bond motifs is 2. The zero-order valence-electron chi connectivity index (χ0n) is 7.85. The number of nitrogens with two attached hydrogens (primary N) is 1. The maximum atomic E-state index is 6.34. The minimum Gasteiger partial charge on any atom is -0.325 e. The highest BCUT2D eigenvalue weighted by atomic mass is 14.9. The molecule has 3 atom stereocenters. The first-order valence-corrected chi connectivity index (χ1v) is 4.75. The third-order valence-corrected chi connectivity index (χ3v) is 4.69. The second-order valence-electron chi connectivity index (χ2n) is 5.21. The van der Waals surface area contributed by atoms with E-state index in [0.29, 0.717) is 5.41 Å². The van der Waals surface area contributed by atoms with E-state index in [2.05, 4.69) is 20.8 Å². The van der Waals surface area contributed by atoms with Crippen LogP contribution in [0, 0.1) is 17.3 Å². The molecule has 2 fully saturated rings. The monoisotopic (exact) mass is 153 g/mol. The van der Waals surface area contributed by atoms with Crippen molar-refractivity contribution in [3.8, 4) is 0 Å². The van der Waals surface area contributed by atoms with Crippen molar-refractivity contribution in [2.45, 2.75) is 45.6 Å². The van der Waals surface area contributed by atoms with Crippen LogP contribution in [-0.2, 0) is 0 Å². The van der Waals surface area contributed by atoms with E-state index in [-0.39, 0.29) is 5.54 Å². The Labute approximate surface area is 69.4 Å². The van der Waals surface area contributed by atoms with Crippen molar-refractivity contribution in [3.63, 3.8) is 0 Å². The van der Waals surface area contributed by atoms with Crippen LogP contribution >= 0.6 is 0 Å². The van der Waals surface area contributed by atoms with Gasteiger partial charge in [0.2, 0.25) is 0 Å². The smallest absolute Gasteiger partial charge is 0.0208 e. The van der Waals surface area contributed by atoms with Gasteiger partial charge < -0.3 is 5.73 Å². The van der Waals surface area contributed by atoms with Gasteiger partial charge >= 0.3 is 0 Å². The van der Waals surface area contributed by atoms with Crippen molar-refractivity contribution in [2.75, 3.05) is 0 Å². The highest BCUT2D eigenvalue weighted by Crippen LogP contribution is 2.59. The van der Waals surface area contributed by atoms with Gasteiger partial charge in [-0.25, -0.2) is 0 Å². The molecule has 11 heavy (non-hydrogen) atoms. The van der Waals surface area contributed by atoms with Crippen molar-refractivity contribution in [1.29, 1.82) is 0 Å². The lowest BCUT2D eigenvalue weighted by molar-refractivity contribution is 0.102. The van der Waals surface area contributed by atoms with Crippen LogP contribution in [-0.4, -0.2) is 5.54 Å². The highest BCUT2D eigenvalue weighted by Gasteiger charge is 2.58. The fraction of sp³-hybridized carbons (Fsp3) is 1.00. The van der Waals surface area contributed by atoms with Crippen LogP contribution in [0.3, 0.4) is 0 Å². The molecule has 0 saturated heterocycles. The minimum atomic E-state index is 0.107. The van der Waals surface area contributed by atoms with Crippen LogP contribution in [0.5, 0.6) is 0 Å². The average molecular weight is 153 g/mol. The van der Waals surface area contributed by atoms with Gasteiger partial charge in [-0.15, -0.1) is 0 Å². The molecule has 0 heterocycles. The van der Waals surface area contributed by atoms with Crippen LogP contribution in [0.2, 0.25) is 0 Å². The molecule has 0 spiro atoms. The van der Waals surface area contributed by atoms with Crippen molar-refractivity contribution in [3.05, 3.63) is 0 Å². The molecule has 64 valence electrons. The normalized spacial score (nSPS) is 53.5. The summed E-state index contributed by atoms with van der Waals surface area (Å²) in [4.78, 5) is 0. The van der Waals surface area contributed by atoms with Crippen molar-refractivity contribution < 1.29 is 0 Å². The van der Waals surface area contributed by atoms with Gasteiger partial charge in [0.15, 0.2) is 0 Å². The fourth-order valence-corrected chi connectivity index (χ4v) is 3.15. The van der Waals surface area contributed by atoms with Gasteiger partial charge in [-0.3, -0.25) is 0 Å². The lowest BCUT2D eigenvalue weighted by Crippen LogP contribution is -2.54. The molecule has 2 rings (SSSR count). The molecule has 0 aromatic carbocycles. The van der Waals surface area contributed by atoms with E-state index in [4.69, 9.17) is 5.73 Å². The zero-order chi connectivity index (χ0) is 8.28. The van der Waals surface area contributed by atoms with Gasteiger partial charge in [-0.05, 0) is 43.4 Å². The molecular formula is C10H19N. The number of hydrogen-bond donors (Lipinski definition) is 1. The predicted molar refractivity (Wildman–Crippen MR) is 47.2 cm³/mol. The lowest BCUT2D eigenvalue weighted by atomic mass is 9.65. The molecule has 2 saturated carbocycles. The Hall–Kier alpha value is -0.0400. The van der Waals surface area contributed by atoms with Gasteiger partial charge in [-0.2, -0.15) is 0 Å². The first-order valence-electron chi connectivity index (χ1n) is 4.75. The molecular weight excluding hydrogens is 134 g/mol. The maximum Gasteiger partial charge on any atom is 0.0208 e. The van der Waals surface area contributed by atoms with Crippen LogP contribution in [0.25, 0.3) is 0 Å². The molecule has 0 aromatic rings. The predicted octanol–water partition coefficient (Wildman–Crippen LogP) is 2.16. The SMILES string of the molecule is CC1(C)[C@@H]2CC[C@@H](C2)[C@@]1(C)N. The van der Waals surface area contributed by atoms with Crippen molar-refractivity contribution in [2.24, 2.45) is 23.0 Å². The quantitative estimate of drug-likeness (QED) is 0.567. The number of rotatable bonds is 0. The van der Waals surface area contributed by atoms with E-state index in [0.717, 1.165) is 11.8 Å². The second-order valence-corrected chi connectivity index (χ2v) is 5.21. The first kappa shape index (κ1) is 7.60. The standard InChI is InChI=1S/C10H19N/c1-9(2)7-4-5-8(6-7)10(9,3)11/h7-8H,4-6,11H2,1-3H3/t7-,8+,10-/m1/s1.